The number of rotatable bonds is 8. The first-order valence-electron chi connectivity index (χ1n) is 6.91. The first-order valence-corrected chi connectivity index (χ1v) is 8.56. The molecule has 8 heteroatoms. The van der Waals surface area contributed by atoms with Crippen molar-refractivity contribution in [3.05, 3.63) is 18.2 Å². The molecule has 0 aliphatic heterocycles. The van der Waals surface area contributed by atoms with E-state index in [1.807, 2.05) is 6.92 Å². The van der Waals surface area contributed by atoms with Crippen molar-refractivity contribution in [2.75, 3.05) is 33.1 Å². The van der Waals surface area contributed by atoms with Crippen molar-refractivity contribution in [3.63, 3.8) is 0 Å². The van der Waals surface area contributed by atoms with Crippen molar-refractivity contribution in [1.82, 2.24) is 10.6 Å². The van der Waals surface area contributed by atoms with Crippen molar-refractivity contribution in [2.45, 2.75) is 18.2 Å². The van der Waals surface area contributed by atoms with Crippen molar-refractivity contribution >= 4 is 15.9 Å². The lowest BCUT2D eigenvalue weighted by Crippen LogP contribution is -2.38. The monoisotopic (exact) mass is 330 g/mol. The Kier molecular flexibility index (Phi) is 6.97. The average Bonchev–Trinajstić information content (AvgIpc) is 2.51. The molecule has 0 spiro atoms. The standard InChI is InChI=1S/C14H22N2O5S/c1-4-7-15-14(17)16-8-9-22(18,19)11-5-6-12(20-2)13(10-11)21-3/h5-6,10H,4,7-9H2,1-3H3,(H2,15,16,17). The second-order valence-corrected chi connectivity index (χ2v) is 6.63. The third-order valence-electron chi connectivity index (χ3n) is 2.91. The number of sulfone groups is 1. The number of benzene rings is 1. The van der Waals surface area contributed by atoms with Crippen LogP contribution in [0.2, 0.25) is 0 Å². The maximum absolute atomic E-state index is 12.2. The zero-order valence-corrected chi connectivity index (χ0v) is 13.8. The number of hydrogen-bond acceptors (Lipinski definition) is 5. The van der Waals surface area contributed by atoms with E-state index in [1.165, 1.54) is 32.4 Å². The average molecular weight is 330 g/mol. The number of urea groups is 1. The summed E-state index contributed by atoms with van der Waals surface area (Å²) < 4.78 is 34.6. The fraction of sp³-hybridized carbons (Fsp3) is 0.500. The van der Waals surface area contributed by atoms with Crippen LogP contribution in [0, 0.1) is 0 Å². The minimum atomic E-state index is -3.51. The van der Waals surface area contributed by atoms with Gasteiger partial charge in [-0.15, -0.1) is 0 Å². The van der Waals surface area contributed by atoms with Crippen molar-refractivity contribution in [3.8, 4) is 11.5 Å². The predicted octanol–water partition coefficient (Wildman–Crippen LogP) is 1.19. The summed E-state index contributed by atoms with van der Waals surface area (Å²) in [5.41, 5.74) is 0. The number of amides is 2. The van der Waals surface area contributed by atoms with Crippen LogP contribution in [0.3, 0.4) is 0 Å². The first-order chi connectivity index (χ1) is 10.4. The lowest BCUT2D eigenvalue weighted by atomic mass is 10.3. The van der Waals surface area contributed by atoms with Gasteiger partial charge in [0, 0.05) is 19.2 Å². The fourth-order valence-corrected chi connectivity index (χ4v) is 2.90. The third-order valence-corrected chi connectivity index (χ3v) is 4.62. The van der Waals surface area contributed by atoms with Crippen LogP contribution in [0.5, 0.6) is 11.5 Å². The number of carbonyl (C=O) groups is 1. The molecule has 0 saturated carbocycles. The molecular formula is C14H22N2O5S. The Bertz CT molecular complexity index is 601. The van der Waals surface area contributed by atoms with Crippen molar-refractivity contribution in [1.29, 1.82) is 0 Å². The molecule has 0 aliphatic carbocycles. The van der Waals surface area contributed by atoms with E-state index in [9.17, 15) is 13.2 Å². The van der Waals surface area contributed by atoms with Crippen LogP contribution in [0.25, 0.3) is 0 Å². The van der Waals surface area contributed by atoms with Gasteiger partial charge in [0.25, 0.3) is 0 Å². The zero-order valence-electron chi connectivity index (χ0n) is 13.0. The highest BCUT2D eigenvalue weighted by Gasteiger charge is 2.17. The Hall–Kier alpha value is -1.96. The molecule has 0 unspecified atom stereocenters. The van der Waals surface area contributed by atoms with Gasteiger partial charge in [-0.1, -0.05) is 6.92 Å². The van der Waals surface area contributed by atoms with Crippen LogP contribution in [0.15, 0.2) is 23.1 Å². The second-order valence-electron chi connectivity index (χ2n) is 4.52. The van der Waals surface area contributed by atoms with Crippen LogP contribution < -0.4 is 20.1 Å². The van der Waals surface area contributed by atoms with E-state index in [-0.39, 0.29) is 23.2 Å². The number of methoxy groups -OCH3 is 2. The molecule has 1 aromatic carbocycles. The molecule has 0 atom stereocenters. The van der Waals surface area contributed by atoms with Gasteiger partial charge in [0.05, 0.1) is 24.9 Å². The molecule has 0 bridgehead atoms. The van der Waals surface area contributed by atoms with E-state index < -0.39 is 9.84 Å². The highest BCUT2D eigenvalue weighted by molar-refractivity contribution is 7.91. The molecule has 22 heavy (non-hydrogen) atoms. The molecule has 1 rings (SSSR count). The highest BCUT2D eigenvalue weighted by Crippen LogP contribution is 2.29. The van der Waals surface area contributed by atoms with Gasteiger partial charge in [-0.25, -0.2) is 13.2 Å². The van der Waals surface area contributed by atoms with Crippen LogP contribution >= 0.6 is 0 Å². The Morgan fingerprint density at radius 2 is 1.73 bits per heavy atom. The van der Waals surface area contributed by atoms with Gasteiger partial charge in [-0.05, 0) is 18.6 Å². The molecule has 0 aromatic heterocycles. The summed E-state index contributed by atoms with van der Waals surface area (Å²) in [5, 5.41) is 5.12. The van der Waals surface area contributed by atoms with E-state index in [4.69, 9.17) is 9.47 Å². The zero-order chi connectivity index (χ0) is 16.6. The van der Waals surface area contributed by atoms with E-state index >= 15 is 0 Å². The minimum absolute atomic E-state index is 0.0340. The SMILES string of the molecule is CCCNC(=O)NCCS(=O)(=O)c1ccc(OC)c(OC)c1. The van der Waals surface area contributed by atoms with Crippen LogP contribution in [0.4, 0.5) is 4.79 Å². The molecule has 7 nitrogen and oxygen atoms in total. The molecule has 1 aromatic rings. The summed E-state index contributed by atoms with van der Waals surface area (Å²) in [6.45, 7) is 2.52. The Labute approximate surface area is 130 Å². The third kappa shape index (κ3) is 5.10. The maximum atomic E-state index is 12.2. The molecular weight excluding hydrogens is 308 g/mol. The molecule has 0 fully saturated rings. The molecule has 124 valence electrons. The number of ether oxygens (including phenoxy) is 2. The van der Waals surface area contributed by atoms with Gasteiger partial charge in [0.1, 0.15) is 0 Å². The summed E-state index contributed by atoms with van der Waals surface area (Å²) in [5.74, 6) is 0.609. The van der Waals surface area contributed by atoms with Crippen LogP contribution in [0.1, 0.15) is 13.3 Å². The molecule has 0 radical (unpaired) electrons. The normalized spacial score (nSPS) is 10.9. The Balaban J connectivity index is 2.68. The van der Waals surface area contributed by atoms with Gasteiger partial charge in [0.2, 0.25) is 0 Å². The number of carbonyl (C=O) groups excluding carboxylic acids is 1. The molecule has 2 amide bonds. The van der Waals surface area contributed by atoms with E-state index in [0.29, 0.717) is 18.0 Å². The van der Waals surface area contributed by atoms with Gasteiger partial charge in [0.15, 0.2) is 21.3 Å². The van der Waals surface area contributed by atoms with E-state index in [2.05, 4.69) is 10.6 Å². The largest absolute Gasteiger partial charge is 0.493 e. The molecule has 0 aliphatic rings. The molecule has 0 heterocycles. The minimum Gasteiger partial charge on any atom is -0.493 e. The number of hydrogen-bond donors (Lipinski definition) is 2. The summed E-state index contributed by atoms with van der Waals surface area (Å²) in [7, 11) is -0.597. The van der Waals surface area contributed by atoms with Gasteiger partial charge in [-0.3, -0.25) is 0 Å². The fourth-order valence-electron chi connectivity index (χ4n) is 1.73. The quantitative estimate of drug-likeness (QED) is 0.747. The summed E-state index contributed by atoms with van der Waals surface area (Å²) >= 11 is 0. The lowest BCUT2D eigenvalue weighted by Gasteiger charge is -2.11. The summed E-state index contributed by atoms with van der Waals surface area (Å²) in [6, 6.07) is 4.02. The molecule has 0 saturated heterocycles. The van der Waals surface area contributed by atoms with Crippen LogP contribution in [-0.2, 0) is 9.84 Å². The van der Waals surface area contributed by atoms with Gasteiger partial charge < -0.3 is 20.1 Å². The molecule has 2 N–H and O–H groups in total. The second kappa shape index (κ2) is 8.47. The van der Waals surface area contributed by atoms with Crippen molar-refractivity contribution < 1.29 is 22.7 Å². The Morgan fingerprint density at radius 3 is 2.32 bits per heavy atom. The van der Waals surface area contributed by atoms with E-state index in [1.54, 1.807) is 0 Å². The first kappa shape index (κ1) is 18.1. The topological polar surface area (TPSA) is 93.7 Å². The van der Waals surface area contributed by atoms with Crippen molar-refractivity contribution in [2.24, 2.45) is 0 Å². The van der Waals surface area contributed by atoms with E-state index in [0.717, 1.165) is 6.42 Å². The van der Waals surface area contributed by atoms with Crippen LogP contribution in [-0.4, -0.2) is 47.5 Å². The summed E-state index contributed by atoms with van der Waals surface area (Å²) in [4.78, 5) is 11.5. The highest BCUT2D eigenvalue weighted by atomic mass is 32.2. The number of nitrogens with one attached hydrogen (secondary N) is 2. The van der Waals surface area contributed by atoms with Gasteiger partial charge >= 0.3 is 6.03 Å². The Morgan fingerprint density at radius 1 is 1.09 bits per heavy atom. The van der Waals surface area contributed by atoms with Gasteiger partial charge in [-0.2, -0.15) is 0 Å². The lowest BCUT2D eigenvalue weighted by molar-refractivity contribution is 0.241. The maximum Gasteiger partial charge on any atom is 0.314 e. The predicted molar refractivity (Wildman–Crippen MR) is 83.3 cm³/mol. The smallest absolute Gasteiger partial charge is 0.314 e. The summed E-state index contributed by atoms with van der Waals surface area (Å²) in [6.07, 6.45) is 0.817.